The summed E-state index contributed by atoms with van der Waals surface area (Å²) in [5.41, 5.74) is 1.14. The van der Waals surface area contributed by atoms with E-state index in [0.29, 0.717) is 15.6 Å². The minimum absolute atomic E-state index is 0.471. The van der Waals surface area contributed by atoms with Crippen LogP contribution >= 0.6 is 23.5 Å². The van der Waals surface area contributed by atoms with Gasteiger partial charge >= 0.3 is 0 Å². The molecule has 60 valence electrons. The van der Waals surface area contributed by atoms with Crippen LogP contribution in [0.1, 0.15) is 13.3 Å². The quantitative estimate of drug-likeness (QED) is 0.628. The first-order chi connectivity index (χ1) is 5.27. The van der Waals surface area contributed by atoms with Crippen molar-refractivity contribution in [1.82, 2.24) is 0 Å². The number of allylic oxidation sites excluding steroid dienone is 2. The van der Waals surface area contributed by atoms with Crippen molar-refractivity contribution < 1.29 is 5.11 Å². The Balaban J connectivity index is 2.28. The molecule has 0 aliphatic carbocycles. The molecule has 0 radical (unpaired) electrons. The molecule has 0 fully saturated rings. The number of hydrogen-bond acceptors (Lipinski definition) is 3. The number of hydrogen-bond donors (Lipinski definition) is 1. The van der Waals surface area contributed by atoms with Crippen LogP contribution in [0.4, 0.5) is 0 Å². The molecule has 2 aliphatic heterocycles. The fraction of sp³-hybridized carbons (Fsp3) is 0.500. The van der Waals surface area contributed by atoms with Gasteiger partial charge in [0, 0.05) is 17.2 Å². The molecule has 0 bridgehead atoms. The van der Waals surface area contributed by atoms with Crippen LogP contribution in [0.15, 0.2) is 22.8 Å². The van der Waals surface area contributed by atoms with Gasteiger partial charge in [-0.25, -0.2) is 0 Å². The number of rotatable bonds is 0. The van der Waals surface area contributed by atoms with Crippen molar-refractivity contribution in [1.29, 1.82) is 0 Å². The van der Waals surface area contributed by atoms with Gasteiger partial charge in [-0.1, -0.05) is 6.92 Å². The van der Waals surface area contributed by atoms with Crippen molar-refractivity contribution in [2.45, 2.75) is 23.2 Å². The maximum Gasteiger partial charge on any atom is 0.0985 e. The van der Waals surface area contributed by atoms with E-state index in [-0.39, 0.29) is 0 Å². The van der Waals surface area contributed by atoms with Crippen LogP contribution in [0.3, 0.4) is 0 Å². The van der Waals surface area contributed by atoms with Gasteiger partial charge in [0.25, 0.3) is 0 Å². The summed E-state index contributed by atoms with van der Waals surface area (Å²) in [4.78, 5) is 0. The maximum atomic E-state index is 9.55. The third-order valence-electron chi connectivity index (χ3n) is 1.87. The summed E-state index contributed by atoms with van der Waals surface area (Å²) in [6.07, 6.45) is 2.87. The molecule has 0 aromatic heterocycles. The number of fused-ring (bicyclic) bond motifs is 1. The van der Waals surface area contributed by atoms with E-state index in [2.05, 4.69) is 12.3 Å². The first-order valence-electron chi connectivity index (χ1n) is 3.67. The van der Waals surface area contributed by atoms with E-state index in [9.17, 15) is 5.11 Å². The Morgan fingerprint density at radius 2 is 2.45 bits per heavy atom. The highest BCUT2D eigenvalue weighted by atomic mass is 32.2. The zero-order chi connectivity index (χ0) is 7.84. The predicted octanol–water partition coefficient (Wildman–Crippen LogP) is 2.91. The van der Waals surface area contributed by atoms with Gasteiger partial charge in [-0.15, -0.1) is 23.5 Å². The minimum Gasteiger partial charge on any atom is -0.512 e. The van der Waals surface area contributed by atoms with Crippen molar-refractivity contribution in [2.24, 2.45) is 0 Å². The van der Waals surface area contributed by atoms with E-state index in [0.717, 1.165) is 12.0 Å². The molecule has 0 saturated heterocycles. The van der Waals surface area contributed by atoms with Gasteiger partial charge in [0.2, 0.25) is 0 Å². The lowest BCUT2D eigenvalue weighted by atomic mass is 10.1. The number of aliphatic hydroxyl groups excluding tert-OH is 1. The molecule has 2 heterocycles. The summed E-state index contributed by atoms with van der Waals surface area (Å²) in [5, 5.41) is 12.2. The SMILES string of the molecule is CC1CC(O)=C2C=CS[C@@H]2S1. The van der Waals surface area contributed by atoms with Crippen molar-refractivity contribution in [3.05, 3.63) is 22.8 Å². The Hall–Kier alpha value is -0.0200. The number of aliphatic hydroxyl groups is 1. The predicted molar refractivity (Wildman–Crippen MR) is 51.8 cm³/mol. The van der Waals surface area contributed by atoms with Gasteiger partial charge in [0.15, 0.2) is 0 Å². The summed E-state index contributed by atoms with van der Waals surface area (Å²) >= 11 is 3.74. The second kappa shape index (κ2) is 2.79. The summed E-state index contributed by atoms with van der Waals surface area (Å²) in [7, 11) is 0. The highest BCUT2D eigenvalue weighted by Gasteiger charge is 2.28. The lowest BCUT2D eigenvalue weighted by molar-refractivity contribution is 0.381. The lowest BCUT2D eigenvalue weighted by Crippen LogP contribution is -2.14. The van der Waals surface area contributed by atoms with E-state index in [1.807, 2.05) is 17.8 Å². The normalized spacial score (nSPS) is 36.1. The van der Waals surface area contributed by atoms with Gasteiger partial charge < -0.3 is 5.11 Å². The monoisotopic (exact) mass is 186 g/mol. The Morgan fingerprint density at radius 3 is 3.27 bits per heavy atom. The fourth-order valence-corrected chi connectivity index (χ4v) is 4.11. The van der Waals surface area contributed by atoms with E-state index >= 15 is 0 Å². The highest BCUT2D eigenvalue weighted by Crippen LogP contribution is 2.45. The molecule has 1 nitrogen and oxygen atoms in total. The third kappa shape index (κ3) is 1.32. The molecule has 0 saturated carbocycles. The van der Waals surface area contributed by atoms with Crippen molar-refractivity contribution in [3.63, 3.8) is 0 Å². The molecule has 2 atom stereocenters. The van der Waals surface area contributed by atoms with E-state index < -0.39 is 0 Å². The molecule has 0 aromatic rings. The molecule has 0 amide bonds. The fourth-order valence-electron chi connectivity index (χ4n) is 1.32. The second-order valence-electron chi connectivity index (χ2n) is 2.82. The van der Waals surface area contributed by atoms with Crippen LogP contribution in [0, 0.1) is 0 Å². The molecular weight excluding hydrogens is 176 g/mol. The molecule has 1 N–H and O–H groups in total. The third-order valence-corrected chi connectivity index (χ3v) is 4.47. The van der Waals surface area contributed by atoms with E-state index in [4.69, 9.17) is 0 Å². The van der Waals surface area contributed by atoms with Gasteiger partial charge in [0.1, 0.15) is 0 Å². The van der Waals surface area contributed by atoms with Gasteiger partial charge in [-0.2, -0.15) is 0 Å². The molecule has 1 unspecified atom stereocenters. The Bertz CT molecular complexity index is 232. The standard InChI is InChI=1S/C8H10OS2/c1-5-4-7(9)6-2-3-10-8(6)11-5/h2-3,5,8-9H,4H2,1H3/t5?,8-/m1/s1. The summed E-state index contributed by atoms with van der Waals surface area (Å²) < 4.78 is 0.471. The first kappa shape index (κ1) is 7.62. The molecule has 11 heavy (non-hydrogen) atoms. The zero-order valence-electron chi connectivity index (χ0n) is 6.28. The summed E-state index contributed by atoms with van der Waals surface area (Å²) in [5.74, 6) is 0.600. The minimum atomic E-state index is 0.471. The zero-order valence-corrected chi connectivity index (χ0v) is 7.91. The average Bonchev–Trinajstić information content (AvgIpc) is 2.34. The first-order valence-corrected chi connectivity index (χ1v) is 5.55. The van der Waals surface area contributed by atoms with Crippen LogP contribution in [-0.2, 0) is 0 Å². The Morgan fingerprint density at radius 1 is 1.64 bits per heavy atom. The van der Waals surface area contributed by atoms with Crippen molar-refractivity contribution in [2.75, 3.05) is 0 Å². The van der Waals surface area contributed by atoms with Crippen molar-refractivity contribution >= 4 is 23.5 Å². The molecule has 2 rings (SSSR count). The van der Waals surface area contributed by atoms with Gasteiger partial charge in [-0.3, -0.25) is 0 Å². The van der Waals surface area contributed by atoms with Gasteiger partial charge in [-0.05, 0) is 11.5 Å². The van der Waals surface area contributed by atoms with Gasteiger partial charge in [0.05, 0.1) is 10.3 Å². The average molecular weight is 186 g/mol. The van der Waals surface area contributed by atoms with Crippen LogP contribution in [0.25, 0.3) is 0 Å². The Kier molecular flexibility index (Phi) is 1.93. The summed E-state index contributed by atoms with van der Waals surface area (Å²) in [6.45, 7) is 2.16. The van der Waals surface area contributed by atoms with Crippen LogP contribution in [0.5, 0.6) is 0 Å². The second-order valence-corrected chi connectivity index (χ2v) is 5.69. The van der Waals surface area contributed by atoms with E-state index in [1.165, 1.54) is 0 Å². The van der Waals surface area contributed by atoms with Crippen LogP contribution < -0.4 is 0 Å². The van der Waals surface area contributed by atoms with Crippen LogP contribution in [0.2, 0.25) is 0 Å². The Labute approximate surface area is 74.9 Å². The smallest absolute Gasteiger partial charge is 0.0985 e. The molecular formula is C8H10OS2. The topological polar surface area (TPSA) is 20.2 Å². The maximum absolute atomic E-state index is 9.55. The molecule has 3 heteroatoms. The largest absolute Gasteiger partial charge is 0.512 e. The highest BCUT2D eigenvalue weighted by molar-refractivity contribution is 8.19. The van der Waals surface area contributed by atoms with Crippen molar-refractivity contribution in [3.8, 4) is 0 Å². The van der Waals surface area contributed by atoms with Crippen LogP contribution in [-0.4, -0.2) is 14.9 Å². The lowest BCUT2D eigenvalue weighted by Gasteiger charge is -2.23. The number of thioether (sulfide) groups is 2. The summed E-state index contributed by atoms with van der Waals surface area (Å²) in [6, 6.07) is 0. The molecule has 0 spiro atoms. The molecule has 0 aromatic carbocycles. The molecule has 2 aliphatic rings. The van der Waals surface area contributed by atoms with E-state index in [1.54, 1.807) is 11.8 Å².